The Morgan fingerprint density at radius 1 is 0.447 bits per heavy atom. The summed E-state index contributed by atoms with van der Waals surface area (Å²) >= 11 is 3.53. The number of hydrogen-bond donors (Lipinski definition) is 0. The minimum atomic E-state index is 0.638. The second kappa shape index (κ2) is 9.36. The van der Waals surface area contributed by atoms with E-state index in [4.69, 9.17) is 15.0 Å². The van der Waals surface area contributed by atoms with Gasteiger partial charge in [0, 0.05) is 37.6 Å². The molecule has 0 aliphatic rings. The van der Waals surface area contributed by atoms with Gasteiger partial charge < -0.3 is 4.57 Å². The molecule has 0 aliphatic heterocycles. The fourth-order valence-electron chi connectivity index (χ4n) is 4.93. The maximum atomic E-state index is 4.93. The predicted molar refractivity (Wildman–Crippen MR) is 158 cm³/mol. The molecular weight excluding hydrogens is 532 g/mol. The average molecular weight is 553 g/mol. The summed E-state index contributed by atoms with van der Waals surface area (Å²) in [7, 11) is 0. The number of para-hydroxylation sites is 2. The predicted octanol–water partition coefficient (Wildman–Crippen LogP) is 8.73. The Bertz CT molecular complexity index is 1870. The molecule has 0 unspecified atom stereocenters. The lowest BCUT2D eigenvalue weighted by Gasteiger charge is -2.11. The van der Waals surface area contributed by atoms with Crippen molar-refractivity contribution < 1.29 is 0 Å². The van der Waals surface area contributed by atoms with Crippen LogP contribution >= 0.6 is 15.9 Å². The second-order valence-electron chi connectivity index (χ2n) is 9.10. The van der Waals surface area contributed by atoms with Crippen LogP contribution < -0.4 is 0 Å². The van der Waals surface area contributed by atoms with Gasteiger partial charge in [-0.05, 0) is 36.4 Å². The lowest BCUT2D eigenvalue weighted by atomic mass is 10.1. The molecule has 7 aromatic rings. The number of halogens is 1. The molecule has 0 fully saturated rings. The van der Waals surface area contributed by atoms with Gasteiger partial charge in [-0.15, -0.1) is 0 Å². The van der Waals surface area contributed by atoms with Crippen LogP contribution in [0.2, 0.25) is 0 Å². The van der Waals surface area contributed by atoms with E-state index >= 15 is 0 Å². The SMILES string of the molecule is Brc1ccc(-c2nc(-c3ccccc3)nc(-c3cccc(-n4c5ccccc5c5ccccc54)c3)n2)cc1. The molecule has 0 aliphatic carbocycles. The van der Waals surface area contributed by atoms with E-state index in [-0.39, 0.29) is 0 Å². The first-order valence-electron chi connectivity index (χ1n) is 12.4. The van der Waals surface area contributed by atoms with Crippen LogP contribution in [0.25, 0.3) is 61.7 Å². The van der Waals surface area contributed by atoms with Gasteiger partial charge in [-0.25, -0.2) is 15.0 Å². The van der Waals surface area contributed by atoms with Crippen LogP contribution in [0.1, 0.15) is 0 Å². The Morgan fingerprint density at radius 3 is 1.58 bits per heavy atom. The number of hydrogen-bond acceptors (Lipinski definition) is 3. The summed E-state index contributed by atoms with van der Waals surface area (Å²) in [5, 5.41) is 2.47. The number of aromatic nitrogens is 4. The molecule has 4 nitrogen and oxygen atoms in total. The maximum Gasteiger partial charge on any atom is 0.164 e. The van der Waals surface area contributed by atoms with E-state index in [1.54, 1.807) is 0 Å². The third kappa shape index (κ3) is 3.98. The summed E-state index contributed by atoms with van der Waals surface area (Å²) in [6.45, 7) is 0. The molecule has 0 amide bonds. The largest absolute Gasteiger partial charge is 0.309 e. The van der Waals surface area contributed by atoms with Gasteiger partial charge in [0.1, 0.15) is 0 Å². The minimum Gasteiger partial charge on any atom is -0.309 e. The molecule has 180 valence electrons. The minimum absolute atomic E-state index is 0.638. The van der Waals surface area contributed by atoms with Crippen molar-refractivity contribution >= 4 is 37.7 Å². The molecule has 5 heteroatoms. The van der Waals surface area contributed by atoms with Gasteiger partial charge in [0.15, 0.2) is 17.5 Å². The summed E-state index contributed by atoms with van der Waals surface area (Å²) in [6, 6.07) is 43.6. The second-order valence-corrected chi connectivity index (χ2v) is 10.0. The van der Waals surface area contributed by atoms with E-state index in [0.717, 1.165) is 26.9 Å². The summed E-state index contributed by atoms with van der Waals surface area (Å²) in [5.41, 5.74) is 6.22. The van der Waals surface area contributed by atoms with Gasteiger partial charge in [-0.1, -0.05) is 107 Å². The van der Waals surface area contributed by atoms with E-state index in [0.29, 0.717) is 17.5 Å². The molecule has 0 N–H and O–H groups in total. The van der Waals surface area contributed by atoms with E-state index in [9.17, 15) is 0 Å². The van der Waals surface area contributed by atoms with Gasteiger partial charge in [-0.2, -0.15) is 0 Å². The summed E-state index contributed by atoms with van der Waals surface area (Å²) in [5.74, 6) is 1.93. The van der Waals surface area contributed by atoms with Gasteiger partial charge in [0.25, 0.3) is 0 Å². The fraction of sp³-hybridized carbons (Fsp3) is 0. The van der Waals surface area contributed by atoms with E-state index in [2.05, 4.69) is 93.3 Å². The van der Waals surface area contributed by atoms with Crippen LogP contribution in [0.3, 0.4) is 0 Å². The number of nitrogens with zero attached hydrogens (tertiary/aromatic N) is 4. The highest BCUT2D eigenvalue weighted by molar-refractivity contribution is 9.10. The highest BCUT2D eigenvalue weighted by atomic mass is 79.9. The molecule has 38 heavy (non-hydrogen) atoms. The van der Waals surface area contributed by atoms with Gasteiger partial charge in [0.2, 0.25) is 0 Å². The summed E-state index contributed by atoms with van der Waals surface area (Å²) in [4.78, 5) is 14.7. The van der Waals surface area contributed by atoms with Gasteiger partial charge >= 0.3 is 0 Å². The molecule has 0 bridgehead atoms. The number of rotatable bonds is 4. The molecule has 0 saturated heterocycles. The monoisotopic (exact) mass is 552 g/mol. The van der Waals surface area contributed by atoms with E-state index < -0.39 is 0 Å². The van der Waals surface area contributed by atoms with Crippen molar-refractivity contribution in [3.63, 3.8) is 0 Å². The van der Waals surface area contributed by atoms with Crippen LogP contribution in [-0.2, 0) is 0 Å². The highest BCUT2D eigenvalue weighted by Gasteiger charge is 2.15. The van der Waals surface area contributed by atoms with Crippen molar-refractivity contribution in [2.45, 2.75) is 0 Å². The maximum absolute atomic E-state index is 4.93. The van der Waals surface area contributed by atoms with Crippen molar-refractivity contribution in [1.29, 1.82) is 0 Å². The van der Waals surface area contributed by atoms with E-state index in [1.165, 1.54) is 21.8 Å². The van der Waals surface area contributed by atoms with Crippen LogP contribution in [0.5, 0.6) is 0 Å². The van der Waals surface area contributed by atoms with Crippen molar-refractivity contribution in [2.24, 2.45) is 0 Å². The van der Waals surface area contributed by atoms with Gasteiger partial charge in [-0.3, -0.25) is 0 Å². The molecule has 5 aromatic carbocycles. The zero-order valence-corrected chi connectivity index (χ0v) is 21.9. The standard InChI is InChI=1S/C33H21BrN4/c34-25-19-17-23(18-20-25)32-35-31(22-9-2-1-3-10-22)36-33(37-32)24-11-8-12-26(21-24)38-29-15-6-4-13-27(29)28-14-5-7-16-30(28)38/h1-21H. The van der Waals surface area contributed by atoms with Crippen molar-refractivity contribution in [3.05, 3.63) is 132 Å². The zero-order valence-electron chi connectivity index (χ0n) is 20.3. The first-order valence-corrected chi connectivity index (χ1v) is 13.2. The molecular formula is C33H21BrN4. The Kier molecular flexibility index (Phi) is 5.56. The lowest BCUT2D eigenvalue weighted by Crippen LogP contribution is -2.01. The Morgan fingerprint density at radius 2 is 0.947 bits per heavy atom. The highest BCUT2D eigenvalue weighted by Crippen LogP contribution is 2.33. The van der Waals surface area contributed by atoms with Crippen molar-refractivity contribution in [3.8, 4) is 39.9 Å². The van der Waals surface area contributed by atoms with E-state index in [1.807, 2.05) is 54.6 Å². The van der Waals surface area contributed by atoms with Crippen LogP contribution in [0.15, 0.2) is 132 Å². The molecule has 0 radical (unpaired) electrons. The molecule has 0 saturated carbocycles. The average Bonchev–Trinajstić information content (AvgIpc) is 3.32. The van der Waals surface area contributed by atoms with Crippen LogP contribution in [0.4, 0.5) is 0 Å². The van der Waals surface area contributed by atoms with Crippen molar-refractivity contribution in [1.82, 2.24) is 19.5 Å². The Labute approximate surface area is 228 Å². The van der Waals surface area contributed by atoms with Crippen molar-refractivity contribution in [2.75, 3.05) is 0 Å². The molecule has 2 heterocycles. The van der Waals surface area contributed by atoms with Gasteiger partial charge in [0.05, 0.1) is 11.0 Å². The first kappa shape index (κ1) is 22.6. The molecule has 7 rings (SSSR count). The number of benzene rings is 5. The smallest absolute Gasteiger partial charge is 0.164 e. The Hall–Kier alpha value is -4.61. The van der Waals surface area contributed by atoms with Crippen LogP contribution in [0, 0.1) is 0 Å². The zero-order chi connectivity index (χ0) is 25.5. The fourth-order valence-corrected chi connectivity index (χ4v) is 5.20. The number of fused-ring (bicyclic) bond motifs is 3. The van der Waals surface area contributed by atoms with Crippen LogP contribution in [-0.4, -0.2) is 19.5 Å². The molecule has 0 spiro atoms. The quantitative estimate of drug-likeness (QED) is 0.219. The summed E-state index contributed by atoms with van der Waals surface area (Å²) < 4.78 is 3.32. The molecule has 2 aromatic heterocycles. The summed E-state index contributed by atoms with van der Waals surface area (Å²) in [6.07, 6.45) is 0. The lowest BCUT2D eigenvalue weighted by molar-refractivity contribution is 1.07. The Balaban J connectivity index is 1.43. The third-order valence-corrected chi connectivity index (χ3v) is 7.24. The topological polar surface area (TPSA) is 43.6 Å². The third-order valence-electron chi connectivity index (χ3n) is 6.71. The first-order chi connectivity index (χ1) is 18.7. The normalized spacial score (nSPS) is 11.3. The molecule has 0 atom stereocenters.